The molecule has 8 heteroatoms. The molecule has 0 amide bonds. The SMILES string of the molecule is C=C(C(O)c1ccc2nc(N3CCC3)c(Cc3ccc(-n4cccn4)cc3)c(Cl)c2c1)N(C)C(C)=NCC. The maximum Gasteiger partial charge on any atom is 0.134 e. The van der Waals surface area contributed by atoms with Crippen molar-refractivity contribution in [3.8, 4) is 5.69 Å². The molecule has 38 heavy (non-hydrogen) atoms. The molecule has 7 nitrogen and oxygen atoms in total. The maximum atomic E-state index is 11.2. The summed E-state index contributed by atoms with van der Waals surface area (Å²) in [6.45, 7) is 10.6. The van der Waals surface area contributed by atoms with E-state index in [4.69, 9.17) is 16.6 Å². The minimum absolute atomic E-state index is 0.554. The van der Waals surface area contributed by atoms with E-state index in [1.165, 1.54) is 0 Å². The van der Waals surface area contributed by atoms with Gasteiger partial charge in [0.25, 0.3) is 0 Å². The van der Waals surface area contributed by atoms with Crippen molar-refractivity contribution in [2.24, 2.45) is 4.99 Å². The molecule has 0 spiro atoms. The van der Waals surface area contributed by atoms with E-state index < -0.39 is 6.10 Å². The quantitative estimate of drug-likeness (QED) is 0.231. The van der Waals surface area contributed by atoms with Crippen LogP contribution in [0.2, 0.25) is 5.02 Å². The molecule has 196 valence electrons. The standard InChI is InChI=1S/C30H33ClN6O/c1-5-32-21(3)35(4)20(2)29(38)23-10-13-27-25(19-23)28(31)26(30(34-27)36-15-7-16-36)18-22-8-11-24(12-9-22)37-17-6-14-33-37/h6,8-14,17,19,29,38H,2,5,7,15-16,18H2,1,3-4H3. The average molecular weight is 529 g/mol. The topological polar surface area (TPSA) is 69.8 Å². The normalized spacial score (nSPS) is 14.4. The largest absolute Gasteiger partial charge is 0.382 e. The third-order valence-corrected chi connectivity index (χ3v) is 7.63. The number of nitrogens with zero attached hydrogens (tertiary/aromatic N) is 6. The summed E-state index contributed by atoms with van der Waals surface area (Å²) >= 11 is 7.13. The van der Waals surface area contributed by atoms with Gasteiger partial charge in [-0.1, -0.05) is 36.4 Å². The fourth-order valence-electron chi connectivity index (χ4n) is 4.70. The number of aromatic nitrogens is 3. The predicted molar refractivity (Wildman–Crippen MR) is 155 cm³/mol. The lowest BCUT2D eigenvalue weighted by molar-refractivity contribution is 0.193. The summed E-state index contributed by atoms with van der Waals surface area (Å²) in [6, 6.07) is 16.0. The Morgan fingerprint density at radius 2 is 1.97 bits per heavy atom. The predicted octanol–water partition coefficient (Wildman–Crippen LogP) is 5.79. The molecule has 1 fully saturated rings. The highest BCUT2D eigenvalue weighted by Crippen LogP contribution is 2.37. The number of likely N-dealkylation sites (N-methyl/N-ethyl adjacent to an activating group) is 1. The van der Waals surface area contributed by atoms with Gasteiger partial charge in [0.15, 0.2) is 0 Å². The molecule has 3 heterocycles. The second-order valence-electron chi connectivity index (χ2n) is 9.61. The Balaban J connectivity index is 1.50. The first-order valence-electron chi connectivity index (χ1n) is 12.9. The number of hydrogen-bond donors (Lipinski definition) is 1. The Hall–Kier alpha value is -3.68. The summed E-state index contributed by atoms with van der Waals surface area (Å²) in [5.41, 5.74) is 5.23. The third kappa shape index (κ3) is 5.04. The van der Waals surface area contributed by atoms with Gasteiger partial charge in [0.05, 0.1) is 22.1 Å². The molecule has 2 aromatic heterocycles. The number of aliphatic hydroxyl groups excluding tert-OH is 1. The van der Waals surface area contributed by atoms with Crippen molar-refractivity contribution in [1.29, 1.82) is 0 Å². The highest BCUT2D eigenvalue weighted by Gasteiger charge is 2.24. The lowest BCUT2D eigenvalue weighted by Crippen LogP contribution is -2.38. The van der Waals surface area contributed by atoms with Crippen LogP contribution in [0.4, 0.5) is 5.82 Å². The van der Waals surface area contributed by atoms with E-state index in [0.717, 1.165) is 58.9 Å². The molecule has 1 aliphatic rings. The van der Waals surface area contributed by atoms with Crippen molar-refractivity contribution in [3.63, 3.8) is 0 Å². The van der Waals surface area contributed by atoms with Crippen molar-refractivity contribution in [3.05, 3.63) is 94.9 Å². The van der Waals surface area contributed by atoms with Crippen molar-refractivity contribution >= 4 is 34.2 Å². The fraction of sp³-hybridized carbons (Fsp3) is 0.300. The van der Waals surface area contributed by atoms with Crippen LogP contribution in [0.1, 0.15) is 43.1 Å². The van der Waals surface area contributed by atoms with E-state index >= 15 is 0 Å². The molecule has 1 atom stereocenters. The number of fused-ring (bicyclic) bond motifs is 1. The van der Waals surface area contributed by atoms with Crippen molar-refractivity contribution < 1.29 is 5.11 Å². The van der Waals surface area contributed by atoms with E-state index in [2.05, 4.69) is 45.8 Å². The maximum absolute atomic E-state index is 11.2. The van der Waals surface area contributed by atoms with Gasteiger partial charge in [-0.15, -0.1) is 0 Å². The second kappa shape index (κ2) is 11.0. The monoisotopic (exact) mass is 528 g/mol. The van der Waals surface area contributed by atoms with Gasteiger partial charge < -0.3 is 14.9 Å². The summed E-state index contributed by atoms with van der Waals surface area (Å²) in [5, 5.41) is 17.0. The second-order valence-corrected chi connectivity index (χ2v) is 9.99. The first kappa shape index (κ1) is 25.9. The van der Waals surface area contributed by atoms with Crippen molar-refractivity contribution in [2.45, 2.75) is 32.8 Å². The third-order valence-electron chi connectivity index (χ3n) is 7.19. The summed E-state index contributed by atoms with van der Waals surface area (Å²) in [4.78, 5) is 13.6. The van der Waals surface area contributed by atoms with Gasteiger partial charge in [-0.05, 0) is 61.7 Å². The molecular weight excluding hydrogens is 496 g/mol. The van der Waals surface area contributed by atoms with Gasteiger partial charge in [-0.3, -0.25) is 4.99 Å². The molecule has 1 saturated heterocycles. The summed E-state index contributed by atoms with van der Waals surface area (Å²) in [5.74, 6) is 1.74. The van der Waals surface area contributed by atoms with E-state index in [1.54, 1.807) is 6.20 Å². The van der Waals surface area contributed by atoms with Gasteiger partial charge in [0, 0.05) is 62.1 Å². The molecule has 0 aliphatic carbocycles. The van der Waals surface area contributed by atoms with Gasteiger partial charge in [-0.2, -0.15) is 5.10 Å². The zero-order chi connectivity index (χ0) is 26.8. The Bertz CT molecular complexity index is 1480. The molecule has 5 rings (SSSR count). The number of pyridine rings is 1. The number of rotatable bonds is 8. The molecule has 4 aromatic rings. The minimum atomic E-state index is -0.893. The number of benzene rings is 2. The first-order chi connectivity index (χ1) is 18.4. The van der Waals surface area contributed by atoms with Gasteiger partial charge in [0.2, 0.25) is 0 Å². The van der Waals surface area contributed by atoms with Crippen LogP contribution in [-0.2, 0) is 6.42 Å². The van der Waals surface area contributed by atoms with Crippen LogP contribution in [0.25, 0.3) is 16.6 Å². The van der Waals surface area contributed by atoms with Crippen LogP contribution in [0.5, 0.6) is 0 Å². The number of halogens is 1. The van der Waals surface area contributed by atoms with Crippen LogP contribution in [-0.4, -0.2) is 57.3 Å². The van der Waals surface area contributed by atoms with Crippen LogP contribution in [0.15, 0.2) is 78.2 Å². The average Bonchev–Trinajstić information content (AvgIpc) is 3.44. The van der Waals surface area contributed by atoms with Gasteiger partial charge >= 0.3 is 0 Å². The Kier molecular flexibility index (Phi) is 7.49. The highest BCUT2D eigenvalue weighted by molar-refractivity contribution is 6.36. The first-order valence-corrected chi connectivity index (χ1v) is 13.3. The number of amidine groups is 1. The molecule has 0 saturated carbocycles. The Labute approximate surface area is 228 Å². The van der Waals surface area contributed by atoms with Crippen molar-refractivity contribution in [2.75, 3.05) is 31.6 Å². The van der Waals surface area contributed by atoms with E-state index in [1.807, 2.05) is 60.9 Å². The number of hydrogen-bond acceptors (Lipinski definition) is 5. The number of aliphatic imine (C=N–C) groups is 1. The molecule has 0 bridgehead atoms. The Morgan fingerprint density at radius 3 is 2.61 bits per heavy atom. The highest BCUT2D eigenvalue weighted by atomic mass is 35.5. The fourth-order valence-corrected chi connectivity index (χ4v) is 5.00. The zero-order valence-electron chi connectivity index (χ0n) is 22.1. The van der Waals surface area contributed by atoms with Crippen LogP contribution in [0, 0.1) is 0 Å². The molecule has 1 aliphatic heterocycles. The summed E-state index contributed by atoms with van der Waals surface area (Å²) in [7, 11) is 1.87. The minimum Gasteiger partial charge on any atom is -0.382 e. The lowest BCUT2D eigenvalue weighted by Gasteiger charge is -2.34. The van der Waals surface area contributed by atoms with Crippen LogP contribution < -0.4 is 4.90 Å². The van der Waals surface area contributed by atoms with Crippen LogP contribution >= 0.6 is 11.6 Å². The molecule has 1 unspecified atom stereocenters. The zero-order valence-corrected chi connectivity index (χ0v) is 22.9. The lowest BCUT2D eigenvalue weighted by atomic mass is 9.99. The van der Waals surface area contributed by atoms with E-state index in [9.17, 15) is 5.11 Å². The Morgan fingerprint density at radius 1 is 1.21 bits per heavy atom. The number of anilines is 1. The van der Waals surface area contributed by atoms with E-state index in [-0.39, 0.29) is 0 Å². The van der Waals surface area contributed by atoms with E-state index in [0.29, 0.717) is 29.2 Å². The molecule has 0 radical (unpaired) electrons. The smallest absolute Gasteiger partial charge is 0.134 e. The number of aliphatic hydroxyl groups is 1. The molecule has 2 aromatic carbocycles. The molecule has 1 N–H and O–H groups in total. The van der Waals surface area contributed by atoms with Gasteiger partial charge in [-0.25, -0.2) is 9.67 Å². The molecular formula is C30H33ClN6O. The van der Waals surface area contributed by atoms with Crippen molar-refractivity contribution in [1.82, 2.24) is 19.7 Å². The van der Waals surface area contributed by atoms with Gasteiger partial charge in [0.1, 0.15) is 11.9 Å². The summed E-state index contributed by atoms with van der Waals surface area (Å²) in [6.07, 6.45) is 4.61. The van der Waals surface area contributed by atoms with Crippen LogP contribution in [0.3, 0.4) is 0 Å². The summed E-state index contributed by atoms with van der Waals surface area (Å²) < 4.78 is 1.84.